The van der Waals surface area contributed by atoms with Gasteiger partial charge in [0, 0.05) is 43.6 Å². The highest BCUT2D eigenvalue weighted by atomic mass is 16.5. The number of rotatable bonds is 6. The average molecular weight is 481 g/mol. The van der Waals surface area contributed by atoms with Gasteiger partial charge in [0.2, 0.25) is 0 Å². The van der Waals surface area contributed by atoms with Crippen molar-refractivity contribution in [2.45, 2.75) is 39.2 Å². The molecule has 3 aromatic carbocycles. The summed E-state index contributed by atoms with van der Waals surface area (Å²) in [7, 11) is 3.83. The van der Waals surface area contributed by atoms with Gasteiger partial charge >= 0.3 is 0 Å². The van der Waals surface area contributed by atoms with E-state index in [9.17, 15) is 5.11 Å². The number of ether oxygens (including phenoxy) is 1. The van der Waals surface area contributed by atoms with Crippen LogP contribution in [0, 0.1) is 5.92 Å². The minimum absolute atomic E-state index is 0.0390. The van der Waals surface area contributed by atoms with E-state index >= 15 is 0 Å². The van der Waals surface area contributed by atoms with Crippen LogP contribution in [0.4, 0.5) is 11.4 Å². The molecule has 0 spiro atoms. The molecule has 0 aliphatic carbocycles. The Hall–Kier alpha value is -3.50. The molecular weight excluding hydrogens is 444 g/mol. The van der Waals surface area contributed by atoms with E-state index in [0.717, 1.165) is 12.1 Å². The first kappa shape index (κ1) is 24.2. The second-order valence-electron chi connectivity index (χ2n) is 10.3. The normalized spacial score (nSPS) is 20.4. The smallest absolute Gasteiger partial charge is 0.108 e. The first-order valence-electron chi connectivity index (χ1n) is 12.8. The van der Waals surface area contributed by atoms with Gasteiger partial charge in [0.05, 0.1) is 17.4 Å². The van der Waals surface area contributed by atoms with Crippen molar-refractivity contribution in [3.05, 3.63) is 101 Å². The summed E-state index contributed by atoms with van der Waals surface area (Å²) in [6, 6.07) is 21.3. The number of fused-ring (bicyclic) bond motifs is 2. The van der Waals surface area contributed by atoms with E-state index in [-0.39, 0.29) is 17.7 Å². The Morgan fingerprint density at radius 1 is 1.11 bits per heavy atom. The quantitative estimate of drug-likeness (QED) is 0.366. The van der Waals surface area contributed by atoms with Gasteiger partial charge < -0.3 is 19.6 Å². The number of likely N-dealkylation sites (N-methyl/N-ethyl adjacent to an activating group) is 1. The molecule has 0 bridgehead atoms. The van der Waals surface area contributed by atoms with Gasteiger partial charge in [0.25, 0.3) is 0 Å². The maximum atomic E-state index is 10.9. The summed E-state index contributed by atoms with van der Waals surface area (Å²) in [6.45, 7) is 11.3. The molecule has 186 valence electrons. The van der Waals surface area contributed by atoms with E-state index in [2.05, 4.69) is 111 Å². The fourth-order valence-corrected chi connectivity index (χ4v) is 6.16. The molecule has 2 aliphatic rings. The van der Waals surface area contributed by atoms with Crippen LogP contribution in [0.1, 0.15) is 44.2 Å². The van der Waals surface area contributed by atoms with Gasteiger partial charge in [-0.1, -0.05) is 69.0 Å². The maximum Gasteiger partial charge on any atom is 0.108 e. The van der Waals surface area contributed by atoms with Crippen molar-refractivity contribution >= 4 is 27.8 Å². The van der Waals surface area contributed by atoms with Crippen molar-refractivity contribution in [1.29, 1.82) is 0 Å². The Morgan fingerprint density at radius 3 is 2.47 bits per heavy atom. The minimum Gasteiger partial charge on any atom is -0.511 e. The zero-order valence-electron chi connectivity index (χ0n) is 22.0. The third-order valence-corrected chi connectivity index (χ3v) is 7.53. The molecule has 4 heteroatoms. The zero-order chi connectivity index (χ0) is 25.6. The molecule has 36 heavy (non-hydrogen) atoms. The number of benzene rings is 3. The van der Waals surface area contributed by atoms with Gasteiger partial charge in [-0.2, -0.15) is 0 Å². The number of aliphatic hydroxyl groups is 1. The Labute approximate surface area is 214 Å². The second kappa shape index (κ2) is 9.51. The van der Waals surface area contributed by atoms with Crippen molar-refractivity contribution < 1.29 is 9.84 Å². The minimum atomic E-state index is -0.236. The van der Waals surface area contributed by atoms with E-state index in [4.69, 9.17) is 4.74 Å². The lowest BCUT2D eigenvalue weighted by Gasteiger charge is -2.49. The lowest BCUT2D eigenvalue weighted by atomic mass is 9.74. The largest absolute Gasteiger partial charge is 0.511 e. The number of hydrogen-bond acceptors (Lipinski definition) is 4. The van der Waals surface area contributed by atoms with Crippen LogP contribution >= 0.6 is 0 Å². The first-order valence-corrected chi connectivity index (χ1v) is 12.8. The lowest BCUT2D eigenvalue weighted by Crippen LogP contribution is -2.44. The van der Waals surface area contributed by atoms with Crippen LogP contribution in [0.3, 0.4) is 0 Å². The summed E-state index contributed by atoms with van der Waals surface area (Å²) in [4.78, 5) is 4.66. The zero-order valence-corrected chi connectivity index (χ0v) is 22.0. The molecule has 0 saturated carbocycles. The van der Waals surface area contributed by atoms with Crippen LogP contribution < -0.4 is 4.90 Å². The van der Waals surface area contributed by atoms with Crippen molar-refractivity contribution in [1.82, 2.24) is 4.90 Å². The fourth-order valence-electron chi connectivity index (χ4n) is 6.16. The van der Waals surface area contributed by atoms with Gasteiger partial charge in [0.1, 0.15) is 5.76 Å². The van der Waals surface area contributed by atoms with E-state index in [1.54, 1.807) is 7.11 Å². The third kappa shape index (κ3) is 3.81. The summed E-state index contributed by atoms with van der Waals surface area (Å²) in [5, 5.41) is 13.3. The van der Waals surface area contributed by atoms with Crippen molar-refractivity contribution in [3.63, 3.8) is 0 Å². The van der Waals surface area contributed by atoms with Crippen molar-refractivity contribution in [2.75, 3.05) is 25.7 Å². The monoisotopic (exact) mass is 480 g/mol. The molecule has 5 rings (SSSR count). The maximum absolute atomic E-state index is 10.9. The molecule has 2 atom stereocenters. The SMILES string of the molecule is C=C(O)C1C(CCOC)c2c3c(cc4ccccc24)N(c2ccccc2)/C(=C/C(C)C)C(C)=C3N1C. The summed E-state index contributed by atoms with van der Waals surface area (Å²) in [5.74, 6) is 0.603. The number of methoxy groups -OCH3 is 1. The van der Waals surface area contributed by atoms with Gasteiger partial charge in [-0.25, -0.2) is 0 Å². The Morgan fingerprint density at radius 2 is 1.81 bits per heavy atom. The second-order valence-corrected chi connectivity index (χ2v) is 10.3. The average Bonchev–Trinajstić information content (AvgIpc) is 2.86. The van der Waals surface area contributed by atoms with Crippen molar-refractivity contribution in [2.24, 2.45) is 5.92 Å². The number of para-hydroxylation sites is 1. The van der Waals surface area contributed by atoms with Crippen LogP contribution in [-0.2, 0) is 4.74 Å². The number of anilines is 2. The summed E-state index contributed by atoms with van der Waals surface area (Å²) >= 11 is 0. The predicted molar refractivity (Wildman–Crippen MR) is 151 cm³/mol. The molecule has 0 saturated heterocycles. The number of nitrogens with zero attached hydrogens (tertiary/aromatic N) is 2. The molecule has 0 amide bonds. The molecule has 2 aliphatic heterocycles. The Kier molecular flexibility index (Phi) is 6.40. The molecule has 0 fully saturated rings. The van der Waals surface area contributed by atoms with Crippen LogP contribution in [0.2, 0.25) is 0 Å². The van der Waals surface area contributed by atoms with E-state index in [0.29, 0.717) is 12.5 Å². The van der Waals surface area contributed by atoms with E-state index in [1.807, 2.05) is 0 Å². The predicted octanol–water partition coefficient (Wildman–Crippen LogP) is 7.77. The summed E-state index contributed by atoms with van der Waals surface area (Å²) in [5.41, 5.74) is 8.40. The summed E-state index contributed by atoms with van der Waals surface area (Å²) in [6.07, 6.45) is 3.14. The van der Waals surface area contributed by atoms with Gasteiger partial charge in [-0.05, 0) is 59.4 Å². The highest BCUT2D eigenvalue weighted by Gasteiger charge is 2.44. The molecule has 2 heterocycles. The highest BCUT2D eigenvalue weighted by molar-refractivity contribution is 6.02. The third-order valence-electron chi connectivity index (χ3n) is 7.53. The van der Waals surface area contributed by atoms with E-state index < -0.39 is 0 Å². The number of aliphatic hydroxyl groups excluding tert-OH is 1. The summed E-state index contributed by atoms with van der Waals surface area (Å²) < 4.78 is 5.54. The van der Waals surface area contributed by atoms with Crippen LogP contribution in [0.5, 0.6) is 0 Å². The van der Waals surface area contributed by atoms with Crippen LogP contribution in [-0.4, -0.2) is 36.8 Å². The molecule has 2 unspecified atom stereocenters. The first-order chi connectivity index (χ1) is 17.3. The molecular formula is C32H36N2O2. The lowest BCUT2D eigenvalue weighted by molar-refractivity contribution is 0.162. The Bertz CT molecular complexity index is 1370. The standard InChI is InChI=1S/C32H36N2O2/c1-20(2)18-27-21(3)31-30-28(34(27)24-13-8-7-9-14-24)19-23-12-10-11-15-25(23)29(30)26(16-17-36-6)32(22(4)35)33(31)5/h7-15,18-20,26,32,35H,4,16-17H2,1-3,5-6H3/b27-18+. The van der Waals surface area contributed by atoms with E-state index in [1.165, 1.54) is 44.6 Å². The molecule has 4 nitrogen and oxygen atoms in total. The molecule has 1 N–H and O–H groups in total. The topological polar surface area (TPSA) is 35.9 Å². The van der Waals surface area contributed by atoms with Crippen molar-refractivity contribution in [3.8, 4) is 0 Å². The molecule has 0 radical (unpaired) electrons. The molecule has 3 aromatic rings. The number of allylic oxidation sites excluding steroid dienone is 2. The Balaban J connectivity index is 1.94. The van der Waals surface area contributed by atoms with Gasteiger partial charge in [0.15, 0.2) is 0 Å². The van der Waals surface area contributed by atoms with Crippen LogP contribution in [0.15, 0.2) is 90.3 Å². The fraction of sp³-hybridized carbons (Fsp3) is 0.312. The number of hydrogen-bond donors (Lipinski definition) is 1. The van der Waals surface area contributed by atoms with Crippen LogP contribution in [0.25, 0.3) is 16.5 Å². The van der Waals surface area contributed by atoms with Gasteiger partial charge in [-0.3, -0.25) is 0 Å². The highest BCUT2D eigenvalue weighted by Crippen LogP contribution is 2.55. The van der Waals surface area contributed by atoms with Gasteiger partial charge in [-0.15, -0.1) is 0 Å². The molecule has 0 aromatic heterocycles.